The molecule has 0 saturated carbocycles. The number of nitrogens with zero attached hydrogens (tertiary/aromatic N) is 1. The maximum atomic E-state index is 11.8. The lowest BCUT2D eigenvalue weighted by atomic mass is 10.2. The summed E-state index contributed by atoms with van der Waals surface area (Å²) in [6.07, 6.45) is 1.29. The quantitative estimate of drug-likeness (QED) is 0.728. The molecule has 0 aliphatic carbocycles. The molecule has 1 unspecified atom stereocenters. The van der Waals surface area contributed by atoms with E-state index in [4.69, 9.17) is 4.74 Å². The molecule has 4 nitrogen and oxygen atoms in total. The number of aliphatic hydroxyl groups excluding tert-OH is 1. The van der Waals surface area contributed by atoms with E-state index in [2.05, 4.69) is 0 Å². The smallest absolute Gasteiger partial charge is 0.412 e. The molecule has 2 atom stereocenters. The predicted octanol–water partition coefficient (Wildman–Crippen LogP) is 2.11. The molecule has 1 fully saturated rings. The van der Waals surface area contributed by atoms with Crippen LogP contribution in [0.15, 0.2) is 0 Å². The summed E-state index contributed by atoms with van der Waals surface area (Å²) < 4.78 is 5.25. The van der Waals surface area contributed by atoms with E-state index in [1.54, 1.807) is 0 Å². The molecular formula is C11H21NO3. The number of hydrogen-bond acceptors (Lipinski definition) is 3. The van der Waals surface area contributed by atoms with Crippen molar-refractivity contribution < 1.29 is 14.6 Å². The number of aliphatic hydroxyl groups is 1. The fourth-order valence-corrected chi connectivity index (χ4v) is 1.85. The number of carbonyl (C=O) groups is 1. The van der Waals surface area contributed by atoms with Crippen LogP contribution in [0.4, 0.5) is 4.79 Å². The number of amides is 1. The lowest BCUT2D eigenvalue weighted by Crippen LogP contribution is -2.43. The molecule has 1 aliphatic heterocycles. The molecule has 1 amide bonds. The molecule has 0 spiro atoms. The Hall–Kier alpha value is -0.770. The van der Waals surface area contributed by atoms with E-state index >= 15 is 0 Å². The molecule has 88 valence electrons. The van der Waals surface area contributed by atoms with Gasteiger partial charge in [-0.25, -0.2) is 4.79 Å². The Bertz CT molecular complexity index is 234. The molecule has 0 aromatic rings. The zero-order chi connectivity index (χ0) is 11.6. The van der Waals surface area contributed by atoms with E-state index in [1.807, 2.05) is 27.7 Å². The highest BCUT2D eigenvalue weighted by molar-refractivity contribution is 5.69. The maximum Gasteiger partial charge on any atom is 0.412 e. The van der Waals surface area contributed by atoms with Crippen LogP contribution in [0, 0.1) is 0 Å². The summed E-state index contributed by atoms with van der Waals surface area (Å²) in [7, 11) is 0. The molecule has 1 rings (SSSR count). The maximum absolute atomic E-state index is 11.8. The van der Waals surface area contributed by atoms with E-state index in [-0.39, 0.29) is 6.04 Å². The minimum absolute atomic E-state index is 0.120. The van der Waals surface area contributed by atoms with E-state index < -0.39 is 17.9 Å². The molecule has 0 aromatic carbocycles. The number of ether oxygens (including phenoxy) is 1. The van der Waals surface area contributed by atoms with Crippen LogP contribution < -0.4 is 0 Å². The Morgan fingerprint density at radius 2 is 2.07 bits per heavy atom. The number of likely N-dealkylation sites (tertiary alicyclic amines) is 1. The minimum Gasteiger partial charge on any atom is -0.444 e. The molecule has 15 heavy (non-hydrogen) atoms. The van der Waals surface area contributed by atoms with Crippen LogP contribution >= 0.6 is 0 Å². The van der Waals surface area contributed by atoms with E-state index in [1.165, 1.54) is 4.90 Å². The van der Waals surface area contributed by atoms with Crippen molar-refractivity contribution in [3.63, 3.8) is 0 Å². The van der Waals surface area contributed by atoms with Crippen molar-refractivity contribution >= 4 is 6.09 Å². The molecule has 1 aliphatic rings. The van der Waals surface area contributed by atoms with Crippen LogP contribution in [-0.4, -0.2) is 34.0 Å². The van der Waals surface area contributed by atoms with Gasteiger partial charge in [-0.15, -0.1) is 0 Å². The molecular weight excluding hydrogens is 194 g/mol. The molecule has 0 aromatic heterocycles. The first-order valence-corrected chi connectivity index (χ1v) is 5.54. The largest absolute Gasteiger partial charge is 0.444 e. The summed E-state index contributed by atoms with van der Waals surface area (Å²) in [6, 6.07) is 0.120. The van der Waals surface area contributed by atoms with Crippen molar-refractivity contribution in [2.24, 2.45) is 0 Å². The SMILES string of the molecule is CCC1CC[C@H](O)N1C(=O)OC(C)(C)C. The number of rotatable bonds is 1. The highest BCUT2D eigenvalue weighted by Crippen LogP contribution is 2.26. The second kappa shape index (κ2) is 4.39. The van der Waals surface area contributed by atoms with Gasteiger partial charge in [-0.3, -0.25) is 4.90 Å². The van der Waals surface area contributed by atoms with Gasteiger partial charge in [0, 0.05) is 6.04 Å². The van der Waals surface area contributed by atoms with Gasteiger partial charge < -0.3 is 9.84 Å². The van der Waals surface area contributed by atoms with Crippen LogP contribution in [-0.2, 0) is 4.74 Å². The van der Waals surface area contributed by atoms with Crippen LogP contribution in [0.2, 0.25) is 0 Å². The van der Waals surface area contributed by atoms with Gasteiger partial charge in [0.1, 0.15) is 11.8 Å². The van der Waals surface area contributed by atoms with Gasteiger partial charge in [-0.1, -0.05) is 6.92 Å². The molecule has 1 N–H and O–H groups in total. The number of carbonyl (C=O) groups excluding carboxylic acids is 1. The van der Waals surface area contributed by atoms with Gasteiger partial charge in [0.25, 0.3) is 0 Å². The van der Waals surface area contributed by atoms with E-state index in [9.17, 15) is 9.90 Å². The predicted molar refractivity (Wildman–Crippen MR) is 57.4 cm³/mol. The third kappa shape index (κ3) is 3.09. The highest BCUT2D eigenvalue weighted by Gasteiger charge is 2.37. The monoisotopic (exact) mass is 215 g/mol. The number of hydrogen-bond donors (Lipinski definition) is 1. The highest BCUT2D eigenvalue weighted by atomic mass is 16.6. The first-order chi connectivity index (χ1) is 6.85. The minimum atomic E-state index is -0.676. The fourth-order valence-electron chi connectivity index (χ4n) is 1.85. The molecule has 0 radical (unpaired) electrons. The summed E-state index contributed by atoms with van der Waals surface area (Å²) in [6.45, 7) is 7.50. The summed E-state index contributed by atoms with van der Waals surface area (Å²) in [4.78, 5) is 13.2. The zero-order valence-corrected chi connectivity index (χ0v) is 9.99. The topological polar surface area (TPSA) is 49.8 Å². The Kier molecular flexibility index (Phi) is 3.60. The third-order valence-electron chi connectivity index (χ3n) is 2.55. The van der Waals surface area contributed by atoms with Crippen molar-refractivity contribution in [2.45, 2.75) is 64.8 Å². The van der Waals surface area contributed by atoms with E-state index in [0.29, 0.717) is 6.42 Å². The Morgan fingerprint density at radius 3 is 2.53 bits per heavy atom. The van der Waals surface area contributed by atoms with Crippen molar-refractivity contribution in [1.82, 2.24) is 4.90 Å². The Balaban J connectivity index is 2.64. The molecule has 4 heteroatoms. The van der Waals surface area contributed by atoms with Crippen LogP contribution in [0.1, 0.15) is 47.0 Å². The third-order valence-corrected chi connectivity index (χ3v) is 2.55. The summed E-state index contributed by atoms with van der Waals surface area (Å²) in [5, 5.41) is 9.68. The summed E-state index contributed by atoms with van der Waals surface area (Å²) >= 11 is 0. The van der Waals surface area contributed by atoms with Gasteiger partial charge >= 0.3 is 6.09 Å². The van der Waals surface area contributed by atoms with Gasteiger partial charge in [0.2, 0.25) is 0 Å². The van der Waals surface area contributed by atoms with Gasteiger partial charge in [-0.05, 0) is 40.0 Å². The van der Waals surface area contributed by atoms with Crippen molar-refractivity contribution in [2.75, 3.05) is 0 Å². The van der Waals surface area contributed by atoms with Gasteiger partial charge in [0.15, 0.2) is 0 Å². The van der Waals surface area contributed by atoms with Crippen molar-refractivity contribution in [1.29, 1.82) is 0 Å². The van der Waals surface area contributed by atoms with Gasteiger partial charge in [-0.2, -0.15) is 0 Å². The van der Waals surface area contributed by atoms with Crippen molar-refractivity contribution in [3.8, 4) is 0 Å². The normalized spacial score (nSPS) is 26.9. The van der Waals surface area contributed by atoms with Crippen LogP contribution in [0.5, 0.6) is 0 Å². The standard InChI is InChI=1S/C11H21NO3/c1-5-8-6-7-9(13)12(8)10(14)15-11(2,3)4/h8-9,13H,5-7H2,1-4H3/t8?,9-/m0/s1. The Labute approximate surface area is 91.2 Å². The molecule has 1 saturated heterocycles. The van der Waals surface area contributed by atoms with E-state index in [0.717, 1.165) is 12.8 Å². The summed E-state index contributed by atoms with van der Waals surface area (Å²) in [5.41, 5.74) is -0.502. The second-order valence-electron chi connectivity index (χ2n) is 5.01. The average molecular weight is 215 g/mol. The van der Waals surface area contributed by atoms with Gasteiger partial charge in [0.05, 0.1) is 0 Å². The Morgan fingerprint density at radius 1 is 1.47 bits per heavy atom. The second-order valence-corrected chi connectivity index (χ2v) is 5.01. The zero-order valence-electron chi connectivity index (χ0n) is 9.99. The fraction of sp³-hybridized carbons (Fsp3) is 0.909. The first kappa shape index (κ1) is 12.3. The summed E-state index contributed by atoms with van der Waals surface area (Å²) in [5.74, 6) is 0. The van der Waals surface area contributed by atoms with Crippen LogP contribution in [0.3, 0.4) is 0 Å². The first-order valence-electron chi connectivity index (χ1n) is 5.54. The lowest BCUT2D eigenvalue weighted by molar-refractivity contribution is -0.0245. The molecule has 0 bridgehead atoms. The average Bonchev–Trinajstić information content (AvgIpc) is 2.43. The lowest BCUT2D eigenvalue weighted by Gasteiger charge is -2.30. The van der Waals surface area contributed by atoms with Crippen molar-refractivity contribution in [3.05, 3.63) is 0 Å². The molecule has 1 heterocycles. The van der Waals surface area contributed by atoms with Crippen LogP contribution in [0.25, 0.3) is 0 Å².